The van der Waals surface area contributed by atoms with Gasteiger partial charge in [-0.15, -0.1) is 0 Å². The molecule has 0 saturated carbocycles. The molecule has 0 aliphatic carbocycles. The summed E-state index contributed by atoms with van der Waals surface area (Å²) in [4.78, 5) is 14.8. The van der Waals surface area contributed by atoms with Crippen molar-refractivity contribution in [2.75, 3.05) is 57.0 Å². The Hall–Kier alpha value is -1.48. The van der Waals surface area contributed by atoms with Crippen LogP contribution in [0.5, 0.6) is 0 Å². The molecule has 0 aromatic heterocycles. The maximum absolute atomic E-state index is 12.5. The van der Waals surface area contributed by atoms with E-state index in [4.69, 9.17) is 0 Å². The molecule has 0 amide bonds. The van der Waals surface area contributed by atoms with Crippen molar-refractivity contribution in [2.24, 2.45) is 0 Å². The minimum atomic E-state index is -3.21. The van der Waals surface area contributed by atoms with Crippen molar-refractivity contribution in [2.45, 2.75) is 12.5 Å². The summed E-state index contributed by atoms with van der Waals surface area (Å²) in [6.45, 7) is 5.29. The molecule has 2 heterocycles. The van der Waals surface area contributed by atoms with Gasteiger partial charge in [0.2, 0.25) is 10.0 Å². The molecule has 8 heteroatoms. The zero-order chi connectivity index (χ0) is 17.9. The SMILES string of the molecule is CS(=O)(=O)N1CCNC(CC(=O)c2ccc(N3CCNCC3)cc2)C1. The number of piperazine rings is 2. The third kappa shape index (κ3) is 4.78. The summed E-state index contributed by atoms with van der Waals surface area (Å²) >= 11 is 0. The summed E-state index contributed by atoms with van der Waals surface area (Å²) in [7, 11) is -3.21. The Labute approximate surface area is 149 Å². The van der Waals surface area contributed by atoms with E-state index >= 15 is 0 Å². The predicted octanol–water partition coefficient (Wildman–Crippen LogP) is -0.0976. The number of anilines is 1. The van der Waals surface area contributed by atoms with Gasteiger partial charge in [-0.05, 0) is 24.3 Å². The maximum Gasteiger partial charge on any atom is 0.211 e. The number of nitrogens with zero attached hydrogens (tertiary/aromatic N) is 2. The Kier molecular flexibility index (Phi) is 5.73. The third-order valence-corrected chi connectivity index (χ3v) is 6.06. The van der Waals surface area contributed by atoms with Crippen LogP contribution in [0.15, 0.2) is 24.3 Å². The van der Waals surface area contributed by atoms with E-state index in [1.54, 1.807) is 0 Å². The van der Waals surface area contributed by atoms with Crippen LogP contribution in [0.4, 0.5) is 5.69 Å². The number of benzene rings is 1. The second kappa shape index (κ2) is 7.82. The van der Waals surface area contributed by atoms with Crippen LogP contribution in [-0.4, -0.2) is 76.6 Å². The Morgan fingerprint density at radius 3 is 2.44 bits per heavy atom. The fourth-order valence-electron chi connectivity index (χ4n) is 3.36. The summed E-state index contributed by atoms with van der Waals surface area (Å²) in [5, 5.41) is 6.57. The smallest absolute Gasteiger partial charge is 0.211 e. The molecule has 138 valence electrons. The fraction of sp³-hybridized carbons (Fsp3) is 0.588. The van der Waals surface area contributed by atoms with Gasteiger partial charge in [0.05, 0.1) is 6.26 Å². The molecule has 2 aliphatic rings. The van der Waals surface area contributed by atoms with Gasteiger partial charge in [-0.2, -0.15) is 4.31 Å². The van der Waals surface area contributed by atoms with Gasteiger partial charge in [-0.3, -0.25) is 4.79 Å². The van der Waals surface area contributed by atoms with Crippen LogP contribution in [0.3, 0.4) is 0 Å². The second-order valence-electron chi connectivity index (χ2n) is 6.68. The number of ketones is 1. The van der Waals surface area contributed by atoms with Crippen LogP contribution < -0.4 is 15.5 Å². The number of rotatable bonds is 5. The first kappa shape index (κ1) is 18.3. The number of carbonyl (C=O) groups is 1. The molecular formula is C17H26N4O3S. The third-order valence-electron chi connectivity index (χ3n) is 4.79. The van der Waals surface area contributed by atoms with Crippen LogP contribution in [0.25, 0.3) is 0 Å². The Balaban J connectivity index is 1.59. The van der Waals surface area contributed by atoms with E-state index in [2.05, 4.69) is 15.5 Å². The molecule has 7 nitrogen and oxygen atoms in total. The van der Waals surface area contributed by atoms with Gasteiger partial charge in [0.15, 0.2) is 5.78 Å². The highest BCUT2D eigenvalue weighted by Gasteiger charge is 2.27. The minimum Gasteiger partial charge on any atom is -0.369 e. The van der Waals surface area contributed by atoms with Crippen molar-refractivity contribution in [1.29, 1.82) is 0 Å². The first-order valence-electron chi connectivity index (χ1n) is 8.71. The first-order chi connectivity index (χ1) is 11.9. The van der Waals surface area contributed by atoms with E-state index in [-0.39, 0.29) is 11.8 Å². The molecule has 1 unspecified atom stereocenters. The van der Waals surface area contributed by atoms with Crippen molar-refractivity contribution in [1.82, 2.24) is 14.9 Å². The highest BCUT2D eigenvalue weighted by atomic mass is 32.2. The lowest BCUT2D eigenvalue weighted by Crippen LogP contribution is -2.52. The van der Waals surface area contributed by atoms with Gasteiger partial charge in [0.1, 0.15) is 0 Å². The van der Waals surface area contributed by atoms with Gasteiger partial charge < -0.3 is 15.5 Å². The van der Waals surface area contributed by atoms with E-state index in [9.17, 15) is 13.2 Å². The van der Waals surface area contributed by atoms with Crippen molar-refractivity contribution in [3.05, 3.63) is 29.8 Å². The molecule has 1 aromatic rings. The number of carbonyl (C=O) groups excluding carboxylic acids is 1. The summed E-state index contributed by atoms with van der Waals surface area (Å²) in [5.41, 5.74) is 1.81. The van der Waals surface area contributed by atoms with E-state index < -0.39 is 10.0 Å². The molecule has 2 saturated heterocycles. The zero-order valence-electron chi connectivity index (χ0n) is 14.6. The maximum atomic E-state index is 12.5. The summed E-state index contributed by atoms with van der Waals surface area (Å²) < 4.78 is 24.8. The fourth-order valence-corrected chi connectivity index (χ4v) is 4.23. The van der Waals surface area contributed by atoms with E-state index in [1.807, 2.05) is 24.3 Å². The number of hydrogen-bond donors (Lipinski definition) is 2. The topological polar surface area (TPSA) is 81.8 Å². The summed E-state index contributed by atoms with van der Waals surface area (Å²) in [6.07, 6.45) is 1.52. The molecule has 25 heavy (non-hydrogen) atoms. The largest absolute Gasteiger partial charge is 0.369 e. The standard InChI is InChI=1S/C17H26N4O3S/c1-25(23,24)21-11-8-19-15(13-21)12-17(22)14-2-4-16(5-3-14)20-9-6-18-7-10-20/h2-5,15,18-19H,6-13H2,1H3. The molecule has 1 atom stereocenters. The van der Waals surface area contributed by atoms with Crippen molar-refractivity contribution in [3.8, 4) is 0 Å². The molecule has 1 aromatic carbocycles. The van der Waals surface area contributed by atoms with Crippen LogP contribution in [0, 0.1) is 0 Å². The molecule has 0 bridgehead atoms. The van der Waals surface area contributed by atoms with Crippen LogP contribution in [-0.2, 0) is 10.0 Å². The average Bonchev–Trinajstić information content (AvgIpc) is 2.62. The molecule has 3 rings (SSSR count). The van der Waals surface area contributed by atoms with Gasteiger partial charge in [-0.25, -0.2) is 8.42 Å². The monoisotopic (exact) mass is 366 g/mol. The Bertz CT molecular complexity index is 699. The highest BCUT2D eigenvalue weighted by molar-refractivity contribution is 7.88. The molecule has 2 fully saturated rings. The molecular weight excluding hydrogens is 340 g/mol. The lowest BCUT2D eigenvalue weighted by molar-refractivity contribution is 0.0959. The van der Waals surface area contributed by atoms with Crippen LogP contribution >= 0.6 is 0 Å². The van der Waals surface area contributed by atoms with Gasteiger partial charge in [0, 0.05) is 69.5 Å². The number of Topliss-reactive ketones (excluding diaryl/α,β-unsaturated/α-hetero) is 1. The molecule has 2 N–H and O–H groups in total. The highest BCUT2D eigenvalue weighted by Crippen LogP contribution is 2.18. The Morgan fingerprint density at radius 2 is 1.80 bits per heavy atom. The van der Waals surface area contributed by atoms with Gasteiger partial charge >= 0.3 is 0 Å². The summed E-state index contributed by atoms with van der Waals surface area (Å²) in [5.74, 6) is 0.0414. The first-order valence-corrected chi connectivity index (χ1v) is 10.6. The van der Waals surface area contributed by atoms with Crippen LogP contribution in [0.1, 0.15) is 16.8 Å². The van der Waals surface area contributed by atoms with Crippen molar-refractivity contribution in [3.63, 3.8) is 0 Å². The van der Waals surface area contributed by atoms with Crippen molar-refractivity contribution < 1.29 is 13.2 Å². The lowest BCUT2D eigenvalue weighted by Gasteiger charge is -2.31. The number of nitrogens with one attached hydrogen (secondary N) is 2. The quantitative estimate of drug-likeness (QED) is 0.709. The van der Waals surface area contributed by atoms with Crippen molar-refractivity contribution >= 4 is 21.5 Å². The van der Waals surface area contributed by atoms with Gasteiger partial charge in [0.25, 0.3) is 0 Å². The minimum absolute atomic E-state index is 0.0414. The Morgan fingerprint density at radius 1 is 1.12 bits per heavy atom. The number of hydrogen-bond acceptors (Lipinski definition) is 6. The van der Waals surface area contributed by atoms with E-state index in [1.165, 1.54) is 10.6 Å². The average molecular weight is 366 g/mol. The van der Waals surface area contributed by atoms with E-state index in [0.29, 0.717) is 31.6 Å². The summed E-state index contributed by atoms with van der Waals surface area (Å²) in [6, 6.07) is 7.60. The van der Waals surface area contributed by atoms with E-state index in [0.717, 1.165) is 31.9 Å². The zero-order valence-corrected chi connectivity index (χ0v) is 15.4. The molecule has 0 radical (unpaired) electrons. The normalized spacial score (nSPS) is 22.8. The van der Waals surface area contributed by atoms with Crippen LogP contribution in [0.2, 0.25) is 0 Å². The van der Waals surface area contributed by atoms with Gasteiger partial charge in [-0.1, -0.05) is 0 Å². The lowest BCUT2D eigenvalue weighted by atomic mass is 10.0. The number of sulfonamides is 1. The molecule has 0 spiro atoms. The predicted molar refractivity (Wildman–Crippen MR) is 98.7 cm³/mol. The molecule has 2 aliphatic heterocycles. The second-order valence-corrected chi connectivity index (χ2v) is 8.67.